The number of carbonyl (C=O) groups excluding carboxylic acids is 2. The number of esters is 1. The lowest BCUT2D eigenvalue weighted by Gasteiger charge is -2.19. The van der Waals surface area contributed by atoms with Gasteiger partial charge in [0.25, 0.3) is 5.91 Å². The van der Waals surface area contributed by atoms with Gasteiger partial charge in [-0.15, -0.1) is 0 Å². The highest BCUT2D eigenvalue weighted by Crippen LogP contribution is 2.35. The second-order valence-electron chi connectivity index (χ2n) is 7.06. The number of rotatable bonds is 7. The lowest BCUT2D eigenvalue weighted by Crippen LogP contribution is -2.35. The van der Waals surface area contributed by atoms with Crippen molar-refractivity contribution in [3.63, 3.8) is 0 Å². The molecular weight excluding hydrogens is 432 g/mol. The summed E-state index contributed by atoms with van der Waals surface area (Å²) in [6.07, 6.45) is 1.75. The van der Waals surface area contributed by atoms with Crippen LogP contribution >= 0.6 is 11.8 Å². The van der Waals surface area contributed by atoms with E-state index < -0.39 is 11.9 Å². The molecule has 1 saturated heterocycles. The predicted molar refractivity (Wildman–Crippen MR) is 122 cm³/mol. The number of nitrogens with zero attached hydrogens (tertiary/aromatic N) is 2. The van der Waals surface area contributed by atoms with Gasteiger partial charge >= 0.3 is 11.9 Å². The van der Waals surface area contributed by atoms with E-state index in [9.17, 15) is 19.5 Å². The first-order chi connectivity index (χ1) is 15.3. The lowest BCUT2D eigenvalue weighted by atomic mass is 10.2. The molecule has 0 spiro atoms. The van der Waals surface area contributed by atoms with Crippen molar-refractivity contribution in [2.24, 2.45) is 4.99 Å². The Morgan fingerprint density at radius 3 is 2.53 bits per heavy atom. The maximum atomic E-state index is 13.0. The molecule has 3 rings (SSSR count). The number of aromatic carboxylic acids is 1. The number of ether oxygens (including phenoxy) is 2. The second-order valence-corrected chi connectivity index (χ2v) is 8.07. The Bertz CT molecular complexity index is 1090. The summed E-state index contributed by atoms with van der Waals surface area (Å²) in [5.74, 6) is -1.18. The molecule has 32 heavy (non-hydrogen) atoms. The number of carboxylic acid groups (broad SMARTS) is 1. The van der Waals surface area contributed by atoms with Crippen molar-refractivity contribution >= 4 is 46.5 Å². The zero-order chi connectivity index (χ0) is 23.3. The predicted octanol–water partition coefficient (Wildman–Crippen LogP) is 3.95. The van der Waals surface area contributed by atoms with Gasteiger partial charge in [0.1, 0.15) is 5.75 Å². The third kappa shape index (κ3) is 5.55. The monoisotopic (exact) mass is 454 g/mol. The van der Waals surface area contributed by atoms with Crippen LogP contribution in [0.3, 0.4) is 0 Å². The van der Waals surface area contributed by atoms with Crippen molar-refractivity contribution in [2.75, 3.05) is 13.7 Å². The van der Waals surface area contributed by atoms with E-state index in [0.717, 1.165) is 5.56 Å². The molecule has 1 heterocycles. The summed E-state index contributed by atoms with van der Waals surface area (Å²) in [5, 5.41) is 9.68. The molecule has 1 fully saturated rings. The zero-order valence-corrected chi connectivity index (χ0v) is 18.6. The van der Waals surface area contributed by atoms with Crippen LogP contribution in [-0.4, -0.2) is 52.8 Å². The van der Waals surface area contributed by atoms with Crippen LogP contribution in [0.5, 0.6) is 5.75 Å². The normalized spacial score (nSPS) is 16.1. The van der Waals surface area contributed by atoms with Gasteiger partial charge in [0.2, 0.25) is 0 Å². The summed E-state index contributed by atoms with van der Waals surface area (Å²) in [6.45, 7) is 3.59. The molecule has 2 aromatic carbocycles. The quantitative estimate of drug-likeness (QED) is 0.499. The first-order valence-electron chi connectivity index (χ1n) is 9.73. The van der Waals surface area contributed by atoms with Crippen molar-refractivity contribution in [3.05, 3.63) is 64.6 Å². The molecule has 1 amide bonds. The first kappa shape index (κ1) is 23.1. The van der Waals surface area contributed by atoms with E-state index in [2.05, 4.69) is 9.73 Å². The zero-order valence-electron chi connectivity index (χ0n) is 17.8. The Balaban J connectivity index is 1.83. The van der Waals surface area contributed by atoms with Crippen LogP contribution in [0, 0.1) is 0 Å². The van der Waals surface area contributed by atoms with E-state index in [1.54, 1.807) is 47.4 Å². The van der Waals surface area contributed by atoms with Gasteiger partial charge in [0, 0.05) is 6.04 Å². The van der Waals surface area contributed by atoms with Crippen LogP contribution in [0.25, 0.3) is 6.08 Å². The topological polar surface area (TPSA) is 106 Å². The molecule has 8 nitrogen and oxygen atoms in total. The fourth-order valence-electron chi connectivity index (χ4n) is 2.85. The van der Waals surface area contributed by atoms with Gasteiger partial charge in [0.05, 0.1) is 23.3 Å². The van der Waals surface area contributed by atoms with Crippen molar-refractivity contribution in [2.45, 2.75) is 19.9 Å². The van der Waals surface area contributed by atoms with E-state index >= 15 is 0 Å². The molecule has 2 aromatic rings. The largest absolute Gasteiger partial charge is 0.482 e. The molecule has 9 heteroatoms. The van der Waals surface area contributed by atoms with Crippen molar-refractivity contribution < 1.29 is 29.0 Å². The third-order valence-corrected chi connectivity index (χ3v) is 5.42. The molecular formula is C23H22N2O6S. The van der Waals surface area contributed by atoms with E-state index in [4.69, 9.17) is 4.74 Å². The van der Waals surface area contributed by atoms with Crippen LogP contribution in [0.4, 0.5) is 5.69 Å². The first-order valence-corrected chi connectivity index (χ1v) is 10.5. The Kier molecular flexibility index (Phi) is 7.32. The lowest BCUT2D eigenvalue weighted by molar-refractivity contribution is -0.142. The van der Waals surface area contributed by atoms with Crippen LogP contribution in [-0.2, 0) is 14.3 Å². The molecule has 0 unspecified atom stereocenters. The molecule has 0 bridgehead atoms. The Morgan fingerprint density at radius 2 is 1.91 bits per heavy atom. The molecule has 166 valence electrons. The van der Waals surface area contributed by atoms with Crippen LogP contribution < -0.4 is 4.74 Å². The van der Waals surface area contributed by atoms with Gasteiger partial charge in [-0.25, -0.2) is 14.6 Å². The number of amides is 1. The van der Waals surface area contributed by atoms with E-state index in [0.29, 0.717) is 21.5 Å². The molecule has 0 saturated carbocycles. The fraction of sp³-hybridized carbons (Fsp3) is 0.217. The minimum atomic E-state index is -1.04. The van der Waals surface area contributed by atoms with Gasteiger partial charge in [-0.2, -0.15) is 0 Å². The average Bonchev–Trinajstić information content (AvgIpc) is 3.07. The van der Waals surface area contributed by atoms with Gasteiger partial charge in [-0.1, -0.05) is 18.2 Å². The highest BCUT2D eigenvalue weighted by molar-refractivity contribution is 8.18. The minimum absolute atomic E-state index is 0.127. The molecule has 1 N–H and O–H groups in total. The number of benzene rings is 2. The molecule has 0 aliphatic carbocycles. The fourth-order valence-corrected chi connectivity index (χ4v) is 3.97. The number of hydrogen-bond acceptors (Lipinski definition) is 7. The van der Waals surface area contributed by atoms with Crippen LogP contribution in [0.15, 0.2) is 58.4 Å². The van der Waals surface area contributed by atoms with Crippen molar-refractivity contribution in [1.29, 1.82) is 0 Å². The van der Waals surface area contributed by atoms with Gasteiger partial charge in [-0.05, 0) is 67.6 Å². The third-order valence-electron chi connectivity index (χ3n) is 4.43. The van der Waals surface area contributed by atoms with Gasteiger partial charge in [0.15, 0.2) is 11.8 Å². The maximum Gasteiger partial charge on any atom is 0.343 e. The summed E-state index contributed by atoms with van der Waals surface area (Å²) in [4.78, 5) is 42.0. The van der Waals surface area contributed by atoms with Gasteiger partial charge < -0.3 is 14.6 Å². The van der Waals surface area contributed by atoms with E-state index in [-0.39, 0.29) is 24.1 Å². The number of carboxylic acids is 1. The number of amidine groups is 1. The molecule has 0 aromatic heterocycles. The van der Waals surface area contributed by atoms with E-state index in [1.165, 1.54) is 31.0 Å². The number of hydrogen-bond donors (Lipinski definition) is 1. The van der Waals surface area contributed by atoms with Gasteiger partial charge in [-0.3, -0.25) is 9.69 Å². The second kappa shape index (κ2) is 10.1. The SMILES string of the molecule is COC(=O)COc1ccc(/C=C2\SC(=Nc3cccc(C(=O)O)c3)N(C(C)C)C2=O)cc1. The summed E-state index contributed by atoms with van der Waals surface area (Å²) in [7, 11) is 1.29. The Morgan fingerprint density at radius 1 is 1.19 bits per heavy atom. The van der Waals surface area contributed by atoms with E-state index in [1.807, 2.05) is 13.8 Å². The number of methoxy groups -OCH3 is 1. The van der Waals surface area contributed by atoms with Crippen LogP contribution in [0.2, 0.25) is 0 Å². The summed E-state index contributed by atoms with van der Waals surface area (Å²) < 4.78 is 9.86. The minimum Gasteiger partial charge on any atom is -0.482 e. The summed E-state index contributed by atoms with van der Waals surface area (Å²) in [6, 6.07) is 13.1. The molecule has 0 radical (unpaired) electrons. The van der Waals surface area contributed by atoms with Crippen molar-refractivity contribution in [3.8, 4) is 5.75 Å². The smallest absolute Gasteiger partial charge is 0.343 e. The number of aliphatic imine (C=N–C) groups is 1. The Labute approximate surface area is 189 Å². The average molecular weight is 455 g/mol. The van der Waals surface area contributed by atoms with Crippen molar-refractivity contribution in [1.82, 2.24) is 4.90 Å². The number of thioether (sulfide) groups is 1. The standard InChI is InChI=1S/C23H22N2O6S/c1-14(2)25-21(27)19(11-15-7-9-18(10-8-15)31-13-20(26)30-3)32-23(25)24-17-6-4-5-16(12-17)22(28)29/h4-12,14H,13H2,1-3H3,(H,28,29)/b19-11-,24-23?. The molecule has 0 atom stereocenters. The molecule has 1 aliphatic heterocycles. The maximum absolute atomic E-state index is 13.0. The van der Waals surface area contributed by atoms with Crippen LogP contribution in [0.1, 0.15) is 29.8 Å². The highest BCUT2D eigenvalue weighted by Gasteiger charge is 2.35. The number of carbonyl (C=O) groups is 3. The molecule has 1 aliphatic rings. The summed E-state index contributed by atoms with van der Waals surface area (Å²) >= 11 is 1.23. The summed E-state index contributed by atoms with van der Waals surface area (Å²) in [5.41, 5.74) is 1.37. The highest BCUT2D eigenvalue weighted by atomic mass is 32.2. The Hall–Kier alpha value is -3.59.